The van der Waals surface area contributed by atoms with Crippen molar-refractivity contribution in [2.45, 2.75) is 38.5 Å². The van der Waals surface area contributed by atoms with Gasteiger partial charge in [-0.25, -0.2) is 8.42 Å². The summed E-state index contributed by atoms with van der Waals surface area (Å²) in [6.45, 7) is 7.24. The minimum Gasteiger partial charge on any atom is -0.339 e. The van der Waals surface area contributed by atoms with Gasteiger partial charge in [0.2, 0.25) is 21.8 Å². The van der Waals surface area contributed by atoms with E-state index in [1.807, 2.05) is 39.0 Å². The van der Waals surface area contributed by atoms with Crippen LogP contribution in [0.5, 0.6) is 0 Å². The number of carbonyl (C=O) groups is 2. The predicted molar refractivity (Wildman–Crippen MR) is 138 cm³/mol. The SMILES string of the molecule is Cc1ccc(S(=O)(=O)N2CCN(C(=O)CSCCCC(=O)Nc3c(C)cccc3C)CC2)cc1. The minimum absolute atomic E-state index is 0.0115. The van der Waals surface area contributed by atoms with E-state index >= 15 is 0 Å². The van der Waals surface area contributed by atoms with Crippen LogP contribution in [0.1, 0.15) is 29.5 Å². The molecule has 2 aromatic carbocycles. The second kappa shape index (κ2) is 11.9. The monoisotopic (exact) mass is 503 g/mol. The number of aryl methyl sites for hydroxylation is 3. The molecule has 1 fully saturated rings. The molecule has 0 spiro atoms. The van der Waals surface area contributed by atoms with Gasteiger partial charge in [-0.1, -0.05) is 35.9 Å². The number of thioether (sulfide) groups is 1. The Balaban J connectivity index is 1.35. The van der Waals surface area contributed by atoms with Crippen molar-refractivity contribution >= 4 is 39.3 Å². The minimum atomic E-state index is -3.54. The zero-order valence-corrected chi connectivity index (χ0v) is 21.7. The zero-order valence-electron chi connectivity index (χ0n) is 20.0. The van der Waals surface area contributed by atoms with Crippen molar-refractivity contribution in [3.63, 3.8) is 0 Å². The normalized spacial score (nSPS) is 14.7. The topological polar surface area (TPSA) is 86.8 Å². The molecule has 1 N–H and O–H groups in total. The molecule has 184 valence electrons. The molecular formula is C25H33N3O4S2. The van der Waals surface area contributed by atoms with Crippen LogP contribution in [0.3, 0.4) is 0 Å². The van der Waals surface area contributed by atoms with Crippen LogP contribution in [0.25, 0.3) is 0 Å². The van der Waals surface area contributed by atoms with E-state index in [-0.39, 0.29) is 16.7 Å². The summed E-state index contributed by atoms with van der Waals surface area (Å²) in [4.78, 5) is 26.8. The third-order valence-corrected chi connectivity index (χ3v) is 8.85. The largest absolute Gasteiger partial charge is 0.339 e. The fourth-order valence-corrected chi connectivity index (χ4v) is 6.11. The van der Waals surface area contributed by atoms with Crippen molar-refractivity contribution in [1.29, 1.82) is 0 Å². The second-order valence-electron chi connectivity index (χ2n) is 8.57. The molecule has 2 amide bonds. The van der Waals surface area contributed by atoms with E-state index in [1.165, 1.54) is 16.1 Å². The second-order valence-corrected chi connectivity index (χ2v) is 11.6. The van der Waals surface area contributed by atoms with Crippen molar-refractivity contribution < 1.29 is 18.0 Å². The molecule has 0 aliphatic carbocycles. The predicted octanol–water partition coefficient (Wildman–Crippen LogP) is 3.60. The molecule has 0 bridgehead atoms. The quantitative estimate of drug-likeness (QED) is 0.529. The Morgan fingerprint density at radius 3 is 2.18 bits per heavy atom. The number of nitrogens with zero attached hydrogens (tertiary/aromatic N) is 2. The number of para-hydroxylation sites is 1. The van der Waals surface area contributed by atoms with Gasteiger partial charge in [-0.3, -0.25) is 9.59 Å². The maximum absolute atomic E-state index is 12.8. The van der Waals surface area contributed by atoms with E-state index in [4.69, 9.17) is 0 Å². The average Bonchev–Trinajstić information content (AvgIpc) is 2.81. The number of benzene rings is 2. The lowest BCUT2D eigenvalue weighted by molar-refractivity contribution is -0.129. The highest BCUT2D eigenvalue weighted by Gasteiger charge is 2.29. The molecule has 2 aromatic rings. The fraction of sp³-hybridized carbons (Fsp3) is 0.440. The van der Waals surface area contributed by atoms with Crippen molar-refractivity contribution in [3.8, 4) is 0 Å². The van der Waals surface area contributed by atoms with Crippen molar-refractivity contribution in [2.24, 2.45) is 0 Å². The number of carbonyl (C=O) groups excluding carboxylic acids is 2. The Bertz CT molecular complexity index is 1090. The number of amides is 2. The van der Waals surface area contributed by atoms with E-state index in [0.717, 1.165) is 22.4 Å². The lowest BCUT2D eigenvalue weighted by atomic mass is 10.1. The first-order valence-electron chi connectivity index (χ1n) is 11.5. The van der Waals surface area contributed by atoms with Crippen LogP contribution in [0.2, 0.25) is 0 Å². The highest BCUT2D eigenvalue weighted by atomic mass is 32.2. The lowest BCUT2D eigenvalue weighted by Crippen LogP contribution is -2.51. The summed E-state index contributed by atoms with van der Waals surface area (Å²) in [5.74, 6) is 1.05. The fourth-order valence-electron chi connectivity index (χ4n) is 3.84. The molecule has 0 radical (unpaired) electrons. The number of nitrogens with one attached hydrogen (secondary N) is 1. The van der Waals surface area contributed by atoms with Gasteiger partial charge in [0.25, 0.3) is 0 Å². The van der Waals surface area contributed by atoms with Crippen molar-refractivity contribution in [2.75, 3.05) is 43.0 Å². The van der Waals surface area contributed by atoms with Crippen molar-refractivity contribution in [3.05, 3.63) is 59.2 Å². The highest BCUT2D eigenvalue weighted by molar-refractivity contribution is 7.99. The molecule has 1 heterocycles. The maximum Gasteiger partial charge on any atom is 0.243 e. The van der Waals surface area contributed by atoms with E-state index in [1.54, 1.807) is 29.2 Å². The third kappa shape index (κ3) is 6.84. The molecule has 7 nitrogen and oxygen atoms in total. The van der Waals surface area contributed by atoms with Gasteiger partial charge in [-0.15, -0.1) is 0 Å². The number of piperazine rings is 1. The van der Waals surface area contributed by atoms with Gasteiger partial charge in [-0.05, 0) is 56.2 Å². The Labute approximate surface area is 207 Å². The summed E-state index contributed by atoms with van der Waals surface area (Å²) < 4.78 is 27.1. The molecule has 0 saturated carbocycles. The summed E-state index contributed by atoms with van der Waals surface area (Å²) in [7, 11) is -3.54. The Hall–Kier alpha value is -2.36. The molecule has 9 heteroatoms. The number of anilines is 1. The lowest BCUT2D eigenvalue weighted by Gasteiger charge is -2.34. The molecule has 34 heavy (non-hydrogen) atoms. The van der Waals surface area contributed by atoms with Gasteiger partial charge in [0.1, 0.15) is 0 Å². The smallest absolute Gasteiger partial charge is 0.243 e. The number of sulfonamides is 1. The number of hydrogen-bond donors (Lipinski definition) is 1. The van der Waals surface area contributed by atoms with E-state index < -0.39 is 10.0 Å². The van der Waals surface area contributed by atoms with Crippen LogP contribution < -0.4 is 5.32 Å². The average molecular weight is 504 g/mol. The Kier molecular flexibility index (Phi) is 9.16. The third-order valence-electron chi connectivity index (χ3n) is 5.91. The van der Waals surface area contributed by atoms with E-state index in [0.29, 0.717) is 50.5 Å². The molecule has 1 aliphatic heterocycles. The summed E-state index contributed by atoms with van der Waals surface area (Å²) >= 11 is 1.51. The first kappa shape index (κ1) is 26.2. The Morgan fingerprint density at radius 2 is 1.56 bits per heavy atom. The Morgan fingerprint density at radius 1 is 0.941 bits per heavy atom. The highest BCUT2D eigenvalue weighted by Crippen LogP contribution is 2.21. The van der Waals surface area contributed by atoms with Crippen molar-refractivity contribution in [1.82, 2.24) is 9.21 Å². The van der Waals surface area contributed by atoms with Gasteiger partial charge in [-0.2, -0.15) is 16.1 Å². The van der Waals surface area contributed by atoms with Gasteiger partial charge >= 0.3 is 0 Å². The number of hydrogen-bond acceptors (Lipinski definition) is 5. The van der Waals surface area contributed by atoms with Crippen LogP contribution in [-0.2, 0) is 19.6 Å². The summed E-state index contributed by atoms with van der Waals surface area (Å²) in [6.07, 6.45) is 1.10. The maximum atomic E-state index is 12.8. The molecule has 0 unspecified atom stereocenters. The molecule has 1 saturated heterocycles. The molecule has 0 atom stereocenters. The molecule has 3 rings (SSSR count). The summed E-state index contributed by atoms with van der Waals surface area (Å²) in [5.41, 5.74) is 3.97. The molecule has 1 aliphatic rings. The van der Waals surface area contributed by atoms with Gasteiger partial charge < -0.3 is 10.2 Å². The van der Waals surface area contributed by atoms with Crippen LogP contribution in [0.15, 0.2) is 47.4 Å². The van der Waals surface area contributed by atoms with Crippen LogP contribution in [-0.4, -0.2) is 67.1 Å². The van der Waals surface area contributed by atoms with Gasteiger partial charge in [0.15, 0.2) is 0 Å². The zero-order chi connectivity index (χ0) is 24.7. The van der Waals surface area contributed by atoms with Crippen LogP contribution in [0, 0.1) is 20.8 Å². The van der Waals surface area contributed by atoms with Gasteiger partial charge in [0.05, 0.1) is 10.6 Å². The number of rotatable bonds is 9. The first-order chi connectivity index (χ1) is 16.2. The van der Waals surface area contributed by atoms with Gasteiger partial charge in [0, 0.05) is 38.3 Å². The summed E-state index contributed by atoms with van der Waals surface area (Å²) in [5, 5.41) is 2.98. The van der Waals surface area contributed by atoms with E-state index in [2.05, 4.69) is 5.32 Å². The first-order valence-corrected chi connectivity index (χ1v) is 14.1. The molecular weight excluding hydrogens is 470 g/mol. The molecule has 0 aromatic heterocycles. The summed E-state index contributed by atoms with van der Waals surface area (Å²) in [6, 6.07) is 12.7. The van der Waals surface area contributed by atoms with Crippen LogP contribution in [0.4, 0.5) is 5.69 Å². The van der Waals surface area contributed by atoms with Crippen LogP contribution >= 0.6 is 11.8 Å². The van der Waals surface area contributed by atoms with E-state index in [9.17, 15) is 18.0 Å². The standard InChI is InChI=1S/C25H33N3O4S2/c1-19-9-11-22(12-10-19)34(31,32)28-15-13-27(14-16-28)24(30)18-33-17-5-8-23(29)26-25-20(2)6-4-7-21(25)3/h4,6-7,9-12H,5,8,13-18H2,1-3H3,(H,26,29).